The molecule has 0 saturated heterocycles. The highest BCUT2D eigenvalue weighted by Crippen LogP contribution is 2.43. The Kier molecular flexibility index (Phi) is 42.2. The SMILES string of the molecule is CCCCCCCC/C=C/CCCCCCCC(=O)O[C@H](COC(=O)CCCCCCCCCCCCCCCCC)COP(=O)(O)OCCNC(=O)CCC[S+](C)C. The molecule has 1 amide bonds. The Morgan fingerprint density at radius 1 is 0.576 bits per heavy atom. The number of nitrogens with one attached hydrogen (secondary N) is 1. The first kappa shape index (κ1) is 57.6. The largest absolute Gasteiger partial charge is 0.472 e. The van der Waals surface area contributed by atoms with Gasteiger partial charge in [-0.05, 0) is 49.4 Å². The van der Waals surface area contributed by atoms with Gasteiger partial charge in [0.2, 0.25) is 5.91 Å². The van der Waals surface area contributed by atoms with Crippen molar-refractivity contribution in [3.05, 3.63) is 12.2 Å². The molecule has 0 heterocycles. The molecule has 348 valence electrons. The Hall–Kier alpha value is -1.39. The summed E-state index contributed by atoms with van der Waals surface area (Å²) in [4.78, 5) is 47.5. The number of hydrogen-bond donors (Lipinski definition) is 2. The summed E-state index contributed by atoms with van der Waals surface area (Å²) < 4.78 is 33.7. The number of amides is 1. The minimum Gasteiger partial charge on any atom is -0.462 e. The van der Waals surface area contributed by atoms with Crippen LogP contribution in [0.1, 0.15) is 219 Å². The summed E-state index contributed by atoms with van der Waals surface area (Å²) in [6.45, 7) is 3.59. The molecule has 0 spiro atoms. The lowest BCUT2D eigenvalue weighted by Crippen LogP contribution is -2.30. The molecule has 2 N–H and O–H groups in total. The van der Waals surface area contributed by atoms with Crippen LogP contribution in [0.25, 0.3) is 0 Å². The van der Waals surface area contributed by atoms with E-state index in [2.05, 4.69) is 43.8 Å². The van der Waals surface area contributed by atoms with Crippen LogP contribution in [0.15, 0.2) is 12.2 Å². The zero-order chi connectivity index (χ0) is 43.5. The van der Waals surface area contributed by atoms with Crippen LogP contribution in [0.3, 0.4) is 0 Å². The van der Waals surface area contributed by atoms with Gasteiger partial charge in [0.15, 0.2) is 6.10 Å². The van der Waals surface area contributed by atoms with Gasteiger partial charge in [0.1, 0.15) is 12.4 Å². The molecule has 0 radical (unpaired) electrons. The lowest BCUT2D eigenvalue weighted by atomic mass is 10.0. The van der Waals surface area contributed by atoms with Gasteiger partial charge in [0, 0.05) is 32.2 Å². The number of phosphoric ester groups is 1. The van der Waals surface area contributed by atoms with Crippen molar-refractivity contribution < 1.29 is 42.4 Å². The van der Waals surface area contributed by atoms with Crippen molar-refractivity contribution in [2.24, 2.45) is 0 Å². The number of esters is 2. The predicted octanol–water partition coefficient (Wildman–Crippen LogP) is 12.6. The molecule has 10 nitrogen and oxygen atoms in total. The molecule has 2 atom stereocenters. The Bertz CT molecular complexity index is 1060. The molecule has 0 rings (SSSR count). The Morgan fingerprint density at radius 2 is 1.02 bits per heavy atom. The van der Waals surface area contributed by atoms with Crippen LogP contribution in [0.5, 0.6) is 0 Å². The Morgan fingerprint density at radius 3 is 1.49 bits per heavy atom. The van der Waals surface area contributed by atoms with Gasteiger partial charge < -0.3 is 19.7 Å². The van der Waals surface area contributed by atoms with E-state index in [9.17, 15) is 23.8 Å². The third-order valence-corrected chi connectivity index (χ3v) is 12.5. The second-order valence-corrected chi connectivity index (χ2v) is 20.4. The zero-order valence-electron chi connectivity index (χ0n) is 38.5. The lowest BCUT2D eigenvalue weighted by molar-refractivity contribution is -0.161. The van der Waals surface area contributed by atoms with E-state index in [4.69, 9.17) is 18.5 Å². The maximum absolute atomic E-state index is 12.7. The molecule has 0 aliphatic rings. The monoisotopic (exact) mass is 877 g/mol. The molecular formula is C47H91NO9PS+. The van der Waals surface area contributed by atoms with E-state index in [1.165, 1.54) is 122 Å². The second-order valence-electron chi connectivity index (χ2n) is 16.6. The van der Waals surface area contributed by atoms with E-state index in [0.29, 0.717) is 12.8 Å². The first-order valence-electron chi connectivity index (χ1n) is 24.0. The lowest BCUT2D eigenvalue weighted by Gasteiger charge is -2.20. The summed E-state index contributed by atoms with van der Waals surface area (Å²) in [5.74, 6) is -0.0333. The third kappa shape index (κ3) is 44.5. The van der Waals surface area contributed by atoms with Crippen LogP contribution in [0, 0.1) is 0 Å². The molecule has 59 heavy (non-hydrogen) atoms. The Labute approximate surface area is 365 Å². The van der Waals surface area contributed by atoms with E-state index in [-0.39, 0.29) is 49.4 Å². The van der Waals surface area contributed by atoms with E-state index in [1.807, 2.05) is 0 Å². The molecule has 0 aliphatic carbocycles. The van der Waals surface area contributed by atoms with Gasteiger partial charge in [-0.25, -0.2) is 4.57 Å². The minimum absolute atomic E-state index is 0.0575. The van der Waals surface area contributed by atoms with Crippen molar-refractivity contribution in [3.63, 3.8) is 0 Å². The highest BCUT2D eigenvalue weighted by atomic mass is 32.2. The fourth-order valence-corrected chi connectivity index (χ4v) is 8.25. The number of unbranched alkanes of at least 4 members (excludes halogenated alkanes) is 25. The van der Waals surface area contributed by atoms with Crippen LogP contribution in [0.4, 0.5) is 0 Å². The summed E-state index contributed by atoms with van der Waals surface area (Å²) in [5.41, 5.74) is 0. The van der Waals surface area contributed by atoms with Gasteiger partial charge in [0.25, 0.3) is 0 Å². The quantitative estimate of drug-likeness (QED) is 0.0201. The average molecular weight is 877 g/mol. The van der Waals surface area contributed by atoms with Crippen molar-refractivity contribution in [1.29, 1.82) is 0 Å². The van der Waals surface area contributed by atoms with Gasteiger partial charge in [-0.2, -0.15) is 0 Å². The second kappa shape index (κ2) is 43.3. The van der Waals surface area contributed by atoms with Crippen molar-refractivity contribution in [3.8, 4) is 0 Å². The number of rotatable bonds is 45. The molecule has 0 aromatic heterocycles. The summed E-state index contributed by atoms with van der Waals surface area (Å²) in [6.07, 6.45) is 43.1. The van der Waals surface area contributed by atoms with E-state index >= 15 is 0 Å². The van der Waals surface area contributed by atoms with E-state index in [0.717, 1.165) is 63.5 Å². The van der Waals surface area contributed by atoms with E-state index < -0.39 is 32.5 Å². The van der Waals surface area contributed by atoms with Gasteiger partial charge in [-0.1, -0.05) is 167 Å². The zero-order valence-corrected chi connectivity index (χ0v) is 40.2. The highest BCUT2D eigenvalue weighted by Gasteiger charge is 2.26. The fourth-order valence-electron chi connectivity index (χ4n) is 6.78. The van der Waals surface area contributed by atoms with Crippen LogP contribution in [0.2, 0.25) is 0 Å². The molecule has 0 aromatic rings. The molecule has 0 saturated carbocycles. The fraction of sp³-hybridized carbons (Fsp3) is 0.894. The van der Waals surface area contributed by atoms with Gasteiger partial charge in [-0.15, -0.1) is 0 Å². The van der Waals surface area contributed by atoms with Crippen LogP contribution in [-0.4, -0.2) is 73.5 Å². The third-order valence-electron chi connectivity index (χ3n) is 10.4. The highest BCUT2D eigenvalue weighted by molar-refractivity contribution is 7.95. The molecule has 0 fully saturated rings. The molecule has 0 aromatic carbocycles. The number of hydrogen-bond acceptors (Lipinski definition) is 8. The van der Waals surface area contributed by atoms with Gasteiger partial charge >= 0.3 is 19.8 Å². The molecule has 0 bridgehead atoms. The number of ether oxygens (including phenoxy) is 2. The summed E-state index contributed by atoms with van der Waals surface area (Å²) in [6, 6.07) is 0. The van der Waals surface area contributed by atoms with Crippen molar-refractivity contribution in [1.82, 2.24) is 5.32 Å². The predicted molar refractivity (Wildman–Crippen MR) is 248 cm³/mol. The summed E-state index contributed by atoms with van der Waals surface area (Å²) in [5, 5.41) is 2.68. The summed E-state index contributed by atoms with van der Waals surface area (Å²) in [7, 11) is -4.25. The van der Waals surface area contributed by atoms with Crippen molar-refractivity contribution in [2.45, 2.75) is 225 Å². The maximum Gasteiger partial charge on any atom is 0.472 e. The number of carbonyl (C=O) groups excluding carboxylic acids is 3. The first-order chi connectivity index (χ1) is 28.6. The molecule has 12 heteroatoms. The topological polar surface area (TPSA) is 137 Å². The van der Waals surface area contributed by atoms with Crippen molar-refractivity contribution in [2.75, 3.05) is 44.6 Å². The van der Waals surface area contributed by atoms with Gasteiger partial charge in [-0.3, -0.25) is 23.4 Å². The standard InChI is InChI=1S/C47H90NO9PS/c1-5-7-9-11-13-15-17-19-21-23-25-27-29-31-33-37-46(50)54-42-44(43-56-58(52,53)55-40-39-48-45(49)36-35-41-59(3)4)57-47(51)38-34-32-30-28-26-24-22-20-18-16-14-12-10-8-6-2/h20,22,44H,5-19,21,23-43H2,1-4H3,(H-,48,49,52,53)/p+1/b22-20+/t44-/m1/s1. The van der Waals surface area contributed by atoms with Crippen molar-refractivity contribution >= 4 is 36.6 Å². The molecular weight excluding hydrogens is 786 g/mol. The summed E-state index contributed by atoms with van der Waals surface area (Å²) >= 11 is 0. The minimum atomic E-state index is -4.52. The molecule has 0 aliphatic heterocycles. The van der Waals surface area contributed by atoms with E-state index in [1.54, 1.807) is 0 Å². The number of phosphoric acid groups is 1. The van der Waals surface area contributed by atoms with Crippen LogP contribution >= 0.6 is 7.82 Å². The molecule has 1 unspecified atom stereocenters. The van der Waals surface area contributed by atoms with Gasteiger partial charge in [0.05, 0.1) is 25.7 Å². The smallest absolute Gasteiger partial charge is 0.462 e. The maximum atomic E-state index is 12.7. The first-order valence-corrected chi connectivity index (χ1v) is 27.7. The Balaban J connectivity index is 4.49. The van der Waals surface area contributed by atoms with Crippen LogP contribution < -0.4 is 5.32 Å². The van der Waals surface area contributed by atoms with Crippen LogP contribution in [-0.2, 0) is 48.4 Å². The normalized spacial score (nSPS) is 13.2. The number of allylic oxidation sites excluding steroid dienone is 2. The number of carbonyl (C=O) groups is 3. The average Bonchev–Trinajstić information content (AvgIpc) is 3.20.